The van der Waals surface area contributed by atoms with E-state index in [1.807, 2.05) is 69.3 Å². The van der Waals surface area contributed by atoms with Crippen molar-refractivity contribution in [2.45, 2.75) is 45.4 Å². The van der Waals surface area contributed by atoms with Crippen molar-refractivity contribution < 1.29 is 19.1 Å². The maximum atomic E-state index is 13.0. The number of benzene rings is 2. The second kappa shape index (κ2) is 9.73. The van der Waals surface area contributed by atoms with E-state index in [9.17, 15) is 4.79 Å². The van der Waals surface area contributed by atoms with Crippen molar-refractivity contribution in [3.8, 4) is 11.5 Å². The molecule has 31 heavy (non-hydrogen) atoms. The summed E-state index contributed by atoms with van der Waals surface area (Å²) in [6.45, 7) is 6.72. The summed E-state index contributed by atoms with van der Waals surface area (Å²) in [5.74, 6) is 1.51. The molecule has 1 atom stereocenters. The summed E-state index contributed by atoms with van der Waals surface area (Å²) in [5, 5.41) is 7.32. The molecule has 0 radical (unpaired) electrons. The molecular formula is C24H31N3O4. The molecule has 0 aromatic heterocycles. The van der Waals surface area contributed by atoms with Gasteiger partial charge in [-0.1, -0.05) is 29.4 Å². The molecule has 166 valence electrons. The van der Waals surface area contributed by atoms with Crippen molar-refractivity contribution in [3.05, 3.63) is 59.7 Å². The predicted octanol–water partition coefficient (Wildman–Crippen LogP) is 4.21. The van der Waals surface area contributed by atoms with Crippen LogP contribution in [0.1, 0.15) is 38.3 Å². The predicted molar refractivity (Wildman–Crippen MR) is 121 cm³/mol. The summed E-state index contributed by atoms with van der Waals surface area (Å²) in [7, 11) is 3.27. The molecule has 7 nitrogen and oxygen atoms in total. The Morgan fingerprint density at radius 3 is 2.65 bits per heavy atom. The molecule has 0 fully saturated rings. The lowest BCUT2D eigenvalue weighted by Crippen LogP contribution is -2.50. The molecule has 2 aromatic rings. The second-order valence-corrected chi connectivity index (χ2v) is 8.58. The number of hydrogen-bond acceptors (Lipinski definition) is 5. The van der Waals surface area contributed by atoms with Gasteiger partial charge in [0, 0.05) is 24.1 Å². The van der Waals surface area contributed by atoms with Gasteiger partial charge in [0.05, 0.1) is 26.5 Å². The van der Waals surface area contributed by atoms with E-state index in [1.54, 1.807) is 19.1 Å². The van der Waals surface area contributed by atoms with Crippen LogP contribution in [0.15, 0.2) is 53.7 Å². The molecule has 0 aliphatic carbocycles. The van der Waals surface area contributed by atoms with Gasteiger partial charge in [0.15, 0.2) is 6.10 Å². The van der Waals surface area contributed by atoms with Gasteiger partial charge in [-0.05, 0) is 50.6 Å². The third-order valence-electron chi connectivity index (χ3n) is 4.85. The van der Waals surface area contributed by atoms with Crippen LogP contribution in [0.2, 0.25) is 0 Å². The Morgan fingerprint density at radius 2 is 1.94 bits per heavy atom. The smallest absolute Gasteiger partial charge is 0.318 e. The van der Waals surface area contributed by atoms with E-state index in [0.717, 1.165) is 28.3 Å². The van der Waals surface area contributed by atoms with E-state index in [4.69, 9.17) is 14.3 Å². The van der Waals surface area contributed by atoms with Crippen molar-refractivity contribution in [1.82, 2.24) is 10.2 Å². The Balaban J connectivity index is 1.73. The Hall–Kier alpha value is -3.22. The molecule has 3 rings (SSSR count). The first kappa shape index (κ1) is 22.5. The molecule has 1 unspecified atom stereocenters. The van der Waals surface area contributed by atoms with Crippen molar-refractivity contribution in [2.24, 2.45) is 5.16 Å². The molecule has 1 aliphatic heterocycles. The van der Waals surface area contributed by atoms with Gasteiger partial charge in [0.1, 0.15) is 11.5 Å². The van der Waals surface area contributed by atoms with E-state index >= 15 is 0 Å². The van der Waals surface area contributed by atoms with Crippen LogP contribution in [0.25, 0.3) is 0 Å². The molecule has 1 aliphatic rings. The molecule has 1 N–H and O–H groups in total. The number of nitrogens with one attached hydrogen (secondary N) is 1. The molecular weight excluding hydrogens is 394 g/mol. The zero-order valence-electron chi connectivity index (χ0n) is 18.8. The number of ether oxygens (including phenoxy) is 2. The fourth-order valence-corrected chi connectivity index (χ4v) is 3.42. The topological polar surface area (TPSA) is 72.4 Å². The number of carbonyl (C=O) groups excluding carboxylic acids is 1. The number of para-hydroxylation sites is 1. The summed E-state index contributed by atoms with van der Waals surface area (Å²) in [5.41, 5.74) is 2.36. The van der Waals surface area contributed by atoms with Gasteiger partial charge in [-0.25, -0.2) is 4.79 Å². The lowest BCUT2D eigenvalue weighted by atomic mass is 10.0. The second-order valence-electron chi connectivity index (χ2n) is 8.58. The zero-order valence-corrected chi connectivity index (χ0v) is 18.8. The molecule has 1 heterocycles. The lowest BCUT2D eigenvalue weighted by Gasteiger charge is -2.29. The van der Waals surface area contributed by atoms with E-state index in [0.29, 0.717) is 19.5 Å². The summed E-state index contributed by atoms with van der Waals surface area (Å²) in [4.78, 5) is 20.5. The number of nitrogens with zero attached hydrogens (tertiary/aromatic N) is 2. The minimum atomic E-state index is -0.348. The Morgan fingerprint density at radius 1 is 1.16 bits per heavy atom. The number of methoxy groups -OCH3 is 2. The molecule has 0 saturated carbocycles. The maximum absolute atomic E-state index is 13.0. The van der Waals surface area contributed by atoms with Crippen LogP contribution >= 0.6 is 0 Å². The van der Waals surface area contributed by atoms with E-state index in [-0.39, 0.29) is 17.7 Å². The molecule has 0 bridgehead atoms. The van der Waals surface area contributed by atoms with E-state index in [2.05, 4.69) is 10.5 Å². The van der Waals surface area contributed by atoms with Crippen molar-refractivity contribution in [3.63, 3.8) is 0 Å². The molecule has 0 spiro atoms. The molecule has 7 heteroatoms. The SMILES string of the molecule is COc1cccc(CN(CC2CC(c3ccccc3OC)=NO2)C(=O)NC(C)(C)C)c1. The average molecular weight is 426 g/mol. The zero-order chi connectivity index (χ0) is 22.4. The van der Waals surface area contributed by atoms with Crippen molar-refractivity contribution >= 4 is 11.7 Å². The van der Waals surface area contributed by atoms with Crippen molar-refractivity contribution in [1.29, 1.82) is 0 Å². The Bertz CT molecular complexity index is 936. The van der Waals surface area contributed by atoms with Crippen LogP contribution < -0.4 is 14.8 Å². The first-order valence-corrected chi connectivity index (χ1v) is 10.3. The fourth-order valence-electron chi connectivity index (χ4n) is 3.42. The Labute approximate surface area is 184 Å². The number of urea groups is 1. The van der Waals surface area contributed by atoms with Gasteiger partial charge >= 0.3 is 6.03 Å². The highest BCUT2D eigenvalue weighted by Crippen LogP contribution is 2.25. The number of oxime groups is 1. The summed E-state index contributed by atoms with van der Waals surface area (Å²) in [6, 6.07) is 15.3. The minimum Gasteiger partial charge on any atom is -0.497 e. The van der Waals surface area contributed by atoms with Crippen LogP contribution in [0.4, 0.5) is 4.79 Å². The van der Waals surface area contributed by atoms with Gasteiger partial charge in [-0.15, -0.1) is 0 Å². The molecule has 2 aromatic carbocycles. The van der Waals surface area contributed by atoms with E-state index < -0.39 is 0 Å². The van der Waals surface area contributed by atoms with Crippen LogP contribution in [-0.4, -0.2) is 49.0 Å². The van der Waals surface area contributed by atoms with Crippen LogP contribution in [0, 0.1) is 0 Å². The first-order chi connectivity index (χ1) is 14.8. The first-order valence-electron chi connectivity index (χ1n) is 10.3. The standard InChI is InChI=1S/C24H31N3O4/c1-24(2,3)25-23(28)27(15-17-9-8-10-18(13-17)29-4)16-19-14-21(26-31-19)20-11-6-7-12-22(20)30-5/h6-13,19H,14-16H2,1-5H3,(H,25,28). The van der Waals surface area contributed by atoms with Gasteiger partial charge < -0.3 is 24.5 Å². The molecule has 0 saturated heterocycles. The third-order valence-corrected chi connectivity index (χ3v) is 4.85. The maximum Gasteiger partial charge on any atom is 0.318 e. The average Bonchev–Trinajstić information content (AvgIpc) is 3.20. The highest BCUT2D eigenvalue weighted by Gasteiger charge is 2.29. The summed E-state index contributed by atoms with van der Waals surface area (Å²) < 4.78 is 10.8. The quantitative estimate of drug-likeness (QED) is 0.721. The number of hydrogen-bond donors (Lipinski definition) is 1. The number of carbonyl (C=O) groups is 1. The van der Waals surface area contributed by atoms with Gasteiger partial charge in [-0.2, -0.15) is 0 Å². The normalized spacial score (nSPS) is 15.6. The minimum absolute atomic E-state index is 0.148. The fraction of sp³-hybridized carbons (Fsp3) is 0.417. The third kappa shape index (κ3) is 6.13. The highest BCUT2D eigenvalue weighted by atomic mass is 16.6. The van der Waals surface area contributed by atoms with Crippen LogP contribution in [0.5, 0.6) is 11.5 Å². The van der Waals surface area contributed by atoms with Gasteiger partial charge in [-0.3, -0.25) is 0 Å². The highest BCUT2D eigenvalue weighted by molar-refractivity contribution is 6.03. The summed E-state index contributed by atoms with van der Waals surface area (Å²) in [6.07, 6.45) is 0.355. The van der Waals surface area contributed by atoms with Crippen molar-refractivity contribution in [2.75, 3.05) is 20.8 Å². The van der Waals surface area contributed by atoms with Gasteiger partial charge in [0.25, 0.3) is 0 Å². The monoisotopic (exact) mass is 425 g/mol. The van der Waals surface area contributed by atoms with E-state index in [1.165, 1.54) is 0 Å². The Kier molecular flexibility index (Phi) is 7.05. The summed E-state index contributed by atoms with van der Waals surface area (Å²) >= 11 is 0. The van der Waals surface area contributed by atoms with Crippen LogP contribution in [-0.2, 0) is 11.4 Å². The largest absolute Gasteiger partial charge is 0.497 e. The van der Waals surface area contributed by atoms with Gasteiger partial charge in [0.2, 0.25) is 0 Å². The number of rotatable bonds is 7. The lowest BCUT2D eigenvalue weighted by molar-refractivity contribution is 0.0580. The molecule has 2 amide bonds. The van der Waals surface area contributed by atoms with Crippen LogP contribution in [0.3, 0.4) is 0 Å². The number of amides is 2.